The van der Waals surface area contributed by atoms with Gasteiger partial charge in [-0.1, -0.05) is 0 Å². The molecular formula is C8H16N4S. The van der Waals surface area contributed by atoms with Gasteiger partial charge in [0.1, 0.15) is 12.2 Å². The van der Waals surface area contributed by atoms with E-state index >= 15 is 0 Å². The number of aryl methyl sites for hydroxylation is 1. The lowest BCUT2D eigenvalue weighted by Gasteiger charge is -2.04. The molecule has 0 aliphatic carbocycles. The van der Waals surface area contributed by atoms with Crippen molar-refractivity contribution in [2.45, 2.75) is 19.5 Å². The van der Waals surface area contributed by atoms with E-state index < -0.39 is 0 Å². The van der Waals surface area contributed by atoms with Gasteiger partial charge in [-0.25, -0.2) is 9.67 Å². The normalized spacial score (nSPS) is 10.6. The Morgan fingerprint density at radius 1 is 1.62 bits per heavy atom. The van der Waals surface area contributed by atoms with Gasteiger partial charge in [0.15, 0.2) is 0 Å². The lowest BCUT2D eigenvalue weighted by molar-refractivity contribution is 0.558. The minimum atomic E-state index is 0.791. The molecule has 74 valence electrons. The first-order valence-corrected chi connectivity index (χ1v) is 5.78. The fraction of sp³-hybridized carbons (Fsp3) is 0.750. The van der Waals surface area contributed by atoms with Crippen LogP contribution in [0, 0.1) is 0 Å². The number of rotatable bonds is 6. The van der Waals surface area contributed by atoms with Crippen molar-refractivity contribution in [3.05, 3.63) is 12.2 Å². The molecule has 0 fully saturated rings. The zero-order valence-electron chi connectivity index (χ0n) is 8.16. The number of nitrogens with one attached hydrogen (secondary N) is 1. The van der Waals surface area contributed by atoms with Crippen LogP contribution >= 0.6 is 11.8 Å². The average Bonchev–Trinajstić information content (AvgIpc) is 2.54. The minimum absolute atomic E-state index is 0.791. The van der Waals surface area contributed by atoms with E-state index in [0.29, 0.717) is 0 Å². The molecule has 1 aromatic heterocycles. The lowest BCUT2D eigenvalue weighted by atomic mass is 10.4. The van der Waals surface area contributed by atoms with Crippen molar-refractivity contribution in [2.75, 3.05) is 19.1 Å². The summed E-state index contributed by atoms with van der Waals surface area (Å²) >= 11 is 1.87. The van der Waals surface area contributed by atoms with Crippen LogP contribution in [0.4, 0.5) is 0 Å². The highest BCUT2D eigenvalue weighted by atomic mass is 32.2. The molecule has 0 aromatic carbocycles. The summed E-state index contributed by atoms with van der Waals surface area (Å²) in [6, 6.07) is 0. The second-order valence-corrected chi connectivity index (χ2v) is 3.76. The Morgan fingerprint density at radius 3 is 3.15 bits per heavy atom. The van der Waals surface area contributed by atoms with Crippen molar-refractivity contribution in [3.8, 4) is 0 Å². The zero-order valence-corrected chi connectivity index (χ0v) is 8.97. The molecule has 0 atom stereocenters. The maximum atomic E-state index is 4.17. The van der Waals surface area contributed by atoms with E-state index in [1.54, 1.807) is 6.33 Å². The zero-order chi connectivity index (χ0) is 9.52. The monoisotopic (exact) mass is 200 g/mol. The van der Waals surface area contributed by atoms with E-state index in [2.05, 4.69) is 21.7 Å². The first kappa shape index (κ1) is 10.5. The van der Waals surface area contributed by atoms with Gasteiger partial charge in [0.05, 0.1) is 6.54 Å². The van der Waals surface area contributed by atoms with Gasteiger partial charge in [0.2, 0.25) is 0 Å². The lowest BCUT2D eigenvalue weighted by Crippen LogP contribution is -2.13. The summed E-state index contributed by atoms with van der Waals surface area (Å²) in [5.74, 6) is 2.20. The first-order chi connectivity index (χ1) is 6.38. The summed E-state index contributed by atoms with van der Waals surface area (Å²) in [5, 5.41) is 7.24. The van der Waals surface area contributed by atoms with E-state index in [9.17, 15) is 0 Å². The predicted molar refractivity (Wildman–Crippen MR) is 55.8 cm³/mol. The Hall–Kier alpha value is -0.550. The highest BCUT2D eigenvalue weighted by molar-refractivity contribution is 7.98. The maximum Gasteiger partial charge on any atom is 0.140 e. The van der Waals surface area contributed by atoms with Crippen LogP contribution in [0.15, 0.2) is 6.33 Å². The van der Waals surface area contributed by atoms with E-state index in [4.69, 9.17) is 0 Å². The topological polar surface area (TPSA) is 42.7 Å². The summed E-state index contributed by atoms with van der Waals surface area (Å²) in [5.41, 5.74) is 0. The largest absolute Gasteiger partial charge is 0.313 e. The highest BCUT2D eigenvalue weighted by Gasteiger charge is 2.01. The summed E-state index contributed by atoms with van der Waals surface area (Å²) < 4.78 is 1.96. The molecule has 1 rings (SSSR count). The van der Waals surface area contributed by atoms with Crippen molar-refractivity contribution >= 4 is 11.8 Å². The molecule has 0 aliphatic heterocycles. The second-order valence-electron chi connectivity index (χ2n) is 2.78. The van der Waals surface area contributed by atoms with Crippen LogP contribution in [0.5, 0.6) is 0 Å². The Morgan fingerprint density at radius 2 is 2.46 bits per heavy atom. The average molecular weight is 200 g/mol. The Balaban J connectivity index is 2.40. The Bertz CT molecular complexity index is 236. The van der Waals surface area contributed by atoms with Crippen LogP contribution in [-0.2, 0) is 13.1 Å². The minimum Gasteiger partial charge on any atom is -0.313 e. The standard InChI is InChI=1S/C8H16N4S/c1-9-6-8-10-7-11-12(8)4-3-5-13-2/h7,9H,3-6H2,1-2H3. The quantitative estimate of drug-likeness (QED) is 0.688. The van der Waals surface area contributed by atoms with Crippen LogP contribution < -0.4 is 5.32 Å². The van der Waals surface area contributed by atoms with E-state index in [0.717, 1.165) is 25.3 Å². The van der Waals surface area contributed by atoms with E-state index in [1.807, 2.05) is 23.5 Å². The van der Waals surface area contributed by atoms with Gasteiger partial charge in [-0.2, -0.15) is 16.9 Å². The molecule has 0 spiro atoms. The van der Waals surface area contributed by atoms with Crippen LogP contribution in [0.3, 0.4) is 0 Å². The third-order valence-electron chi connectivity index (χ3n) is 1.75. The summed E-state index contributed by atoms with van der Waals surface area (Å²) in [4.78, 5) is 4.17. The van der Waals surface area contributed by atoms with Crippen molar-refractivity contribution in [1.29, 1.82) is 0 Å². The number of aromatic nitrogens is 3. The van der Waals surface area contributed by atoms with Gasteiger partial charge in [-0.05, 0) is 25.5 Å². The highest BCUT2D eigenvalue weighted by Crippen LogP contribution is 2.00. The summed E-state index contributed by atoms with van der Waals surface area (Å²) in [7, 11) is 1.92. The number of hydrogen-bond acceptors (Lipinski definition) is 4. The van der Waals surface area contributed by atoms with Crippen molar-refractivity contribution in [2.24, 2.45) is 0 Å². The van der Waals surface area contributed by atoms with E-state index in [-0.39, 0.29) is 0 Å². The first-order valence-electron chi connectivity index (χ1n) is 4.38. The third kappa shape index (κ3) is 3.36. The van der Waals surface area contributed by atoms with Gasteiger partial charge < -0.3 is 5.32 Å². The molecule has 13 heavy (non-hydrogen) atoms. The third-order valence-corrected chi connectivity index (χ3v) is 2.45. The van der Waals surface area contributed by atoms with E-state index in [1.165, 1.54) is 5.75 Å². The Labute approximate surface area is 83.1 Å². The molecule has 0 aliphatic rings. The maximum absolute atomic E-state index is 4.17. The molecule has 0 saturated heterocycles. The van der Waals surface area contributed by atoms with Crippen molar-refractivity contribution < 1.29 is 0 Å². The Kier molecular flexibility index (Phi) is 4.85. The fourth-order valence-corrected chi connectivity index (χ4v) is 1.55. The van der Waals surface area contributed by atoms with Gasteiger partial charge >= 0.3 is 0 Å². The van der Waals surface area contributed by atoms with Crippen LogP contribution in [0.25, 0.3) is 0 Å². The molecule has 4 nitrogen and oxygen atoms in total. The summed E-state index contributed by atoms with van der Waals surface area (Å²) in [6.07, 6.45) is 4.89. The molecule has 0 radical (unpaired) electrons. The molecule has 0 amide bonds. The van der Waals surface area contributed by atoms with Crippen molar-refractivity contribution in [3.63, 3.8) is 0 Å². The van der Waals surface area contributed by atoms with Gasteiger partial charge in [-0.15, -0.1) is 0 Å². The number of nitrogens with zero attached hydrogens (tertiary/aromatic N) is 3. The van der Waals surface area contributed by atoms with Crippen molar-refractivity contribution in [1.82, 2.24) is 20.1 Å². The molecule has 1 heterocycles. The van der Waals surface area contributed by atoms with Gasteiger partial charge in [0, 0.05) is 6.54 Å². The SMILES string of the molecule is CNCc1ncnn1CCCSC. The molecule has 0 bridgehead atoms. The molecule has 0 saturated carbocycles. The predicted octanol–water partition coefficient (Wildman–Crippen LogP) is 0.751. The van der Waals surface area contributed by atoms with Crippen LogP contribution in [-0.4, -0.2) is 33.8 Å². The molecule has 0 unspecified atom stereocenters. The number of thioether (sulfide) groups is 1. The fourth-order valence-electron chi connectivity index (χ4n) is 1.13. The smallest absolute Gasteiger partial charge is 0.140 e. The van der Waals surface area contributed by atoms with Crippen LogP contribution in [0.1, 0.15) is 12.2 Å². The van der Waals surface area contributed by atoms with Gasteiger partial charge in [-0.3, -0.25) is 0 Å². The summed E-state index contributed by atoms with van der Waals surface area (Å²) in [6.45, 7) is 1.76. The van der Waals surface area contributed by atoms with Crippen LogP contribution in [0.2, 0.25) is 0 Å². The molecule has 5 heteroatoms. The molecular weight excluding hydrogens is 184 g/mol. The molecule has 1 aromatic rings. The number of hydrogen-bond donors (Lipinski definition) is 1. The molecule has 1 N–H and O–H groups in total. The second kappa shape index (κ2) is 5.99. The van der Waals surface area contributed by atoms with Gasteiger partial charge in [0.25, 0.3) is 0 Å².